The number of fused-ring (bicyclic) bond motifs is 1. The predicted octanol–water partition coefficient (Wildman–Crippen LogP) is 5.42. The molecule has 2 aliphatic heterocycles. The summed E-state index contributed by atoms with van der Waals surface area (Å²) in [5, 5.41) is 3.69. The van der Waals surface area contributed by atoms with Gasteiger partial charge in [-0.1, -0.05) is 19.9 Å². The highest BCUT2D eigenvalue weighted by atomic mass is 19.4. The van der Waals surface area contributed by atoms with Gasteiger partial charge in [-0.2, -0.15) is 13.2 Å². The van der Waals surface area contributed by atoms with E-state index in [-0.39, 0.29) is 17.2 Å². The van der Waals surface area contributed by atoms with Crippen molar-refractivity contribution < 1.29 is 27.2 Å². The van der Waals surface area contributed by atoms with Crippen molar-refractivity contribution in [2.45, 2.75) is 44.8 Å². The van der Waals surface area contributed by atoms with Crippen LogP contribution in [0.4, 0.5) is 17.6 Å². The average molecular weight is 559 g/mol. The monoisotopic (exact) mass is 558 g/mol. The lowest BCUT2D eigenvalue weighted by atomic mass is 9.68. The van der Waals surface area contributed by atoms with Crippen LogP contribution in [-0.2, 0) is 11.0 Å². The molecule has 2 N–H and O–H groups in total. The maximum absolute atomic E-state index is 14.3. The largest absolute Gasteiger partial charge is 0.416 e. The van der Waals surface area contributed by atoms with Gasteiger partial charge >= 0.3 is 6.18 Å². The first-order valence-electron chi connectivity index (χ1n) is 13.6. The number of likely N-dealkylation sites (tertiary alicyclic amines) is 2. The Labute approximate surface area is 230 Å². The Bertz CT molecular complexity index is 1410. The van der Waals surface area contributed by atoms with Gasteiger partial charge in [-0.25, -0.2) is 4.39 Å². The molecule has 2 aliphatic rings. The number of aromatic amines is 1. The minimum Gasteiger partial charge on any atom is -0.361 e. The Kier molecular flexibility index (Phi) is 7.41. The summed E-state index contributed by atoms with van der Waals surface area (Å²) in [6.45, 7) is 6.35. The quantitative estimate of drug-likeness (QED) is 0.411. The van der Waals surface area contributed by atoms with Crippen molar-refractivity contribution in [1.82, 2.24) is 20.1 Å². The summed E-state index contributed by atoms with van der Waals surface area (Å²) in [4.78, 5) is 33.7. The maximum Gasteiger partial charge on any atom is 0.416 e. The maximum atomic E-state index is 14.3. The Balaban J connectivity index is 1.30. The number of benzene rings is 2. The number of carbonyl (C=O) groups is 2. The molecule has 10 heteroatoms. The number of alkyl halides is 3. The molecule has 0 radical (unpaired) electrons. The van der Waals surface area contributed by atoms with Crippen LogP contribution in [-0.4, -0.2) is 65.9 Å². The first-order valence-corrected chi connectivity index (χ1v) is 13.6. The van der Waals surface area contributed by atoms with Gasteiger partial charge in [-0.15, -0.1) is 0 Å². The van der Waals surface area contributed by atoms with Gasteiger partial charge in [0.2, 0.25) is 5.91 Å². The highest BCUT2D eigenvalue weighted by Gasteiger charge is 2.48. The second-order valence-corrected chi connectivity index (χ2v) is 11.6. The molecule has 40 heavy (non-hydrogen) atoms. The molecule has 2 amide bonds. The molecule has 1 unspecified atom stereocenters. The van der Waals surface area contributed by atoms with Crippen LogP contribution >= 0.6 is 0 Å². The number of likely N-dealkylation sites (N-methyl/N-ethyl adjacent to an activating group) is 1. The van der Waals surface area contributed by atoms with Crippen molar-refractivity contribution in [3.8, 4) is 0 Å². The molecule has 3 heterocycles. The standard InChI is InChI=1S/C30H34F4N4O2/c1-18(2)26(36-27(39)22-15-21(30(32,33)34)5-6-24(22)31)28(40)38-12-9-29(10-13-38)17-37(3)16-23(29)19-4-7-25-20(14-19)8-11-35-25/h4-8,11,14-15,18,23,26,35H,9-10,12-13,16-17H2,1-3H3,(H,36,39)/t23?,26-/m1/s1. The Hall–Kier alpha value is -3.40. The van der Waals surface area contributed by atoms with Gasteiger partial charge in [0.25, 0.3) is 5.91 Å². The van der Waals surface area contributed by atoms with E-state index in [2.05, 4.69) is 46.5 Å². The molecule has 1 aromatic heterocycles. The number of aromatic nitrogens is 1. The molecule has 2 aromatic carbocycles. The highest BCUT2D eigenvalue weighted by molar-refractivity contribution is 5.98. The highest BCUT2D eigenvalue weighted by Crippen LogP contribution is 2.49. The van der Waals surface area contributed by atoms with Gasteiger partial charge < -0.3 is 20.1 Å². The van der Waals surface area contributed by atoms with Gasteiger partial charge in [0.1, 0.15) is 11.9 Å². The van der Waals surface area contributed by atoms with Gasteiger partial charge in [-0.3, -0.25) is 9.59 Å². The van der Waals surface area contributed by atoms with Crippen LogP contribution in [0, 0.1) is 17.2 Å². The lowest BCUT2D eigenvalue weighted by Gasteiger charge is -2.44. The van der Waals surface area contributed by atoms with Crippen LogP contribution in [0.5, 0.6) is 0 Å². The van der Waals surface area contributed by atoms with Gasteiger partial charge in [-0.05, 0) is 78.6 Å². The van der Waals surface area contributed by atoms with E-state index < -0.39 is 35.1 Å². The fraction of sp³-hybridized carbons (Fsp3) is 0.467. The molecular weight excluding hydrogens is 524 g/mol. The summed E-state index contributed by atoms with van der Waals surface area (Å²) >= 11 is 0. The molecule has 3 aromatic rings. The number of piperidine rings is 1. The zero-order chi connectivity index (χ0) is 28.8. The van der Waals surface area contributed by atoms with Crippen LogP contribution in [0.15, 0.2) is 48.7 Å². The zero-order valence-electron chi connectivity index (χ0n) is 22.8. The average Bonchev–Trinajstić information content (AvgIpc) is 3.50. The van der Waals surface area contributed by atoms with Crippen LogP contribution in [0.2, 0.25) is 0 Å². The number of hydrogen-bond acceptors (Lipinski definition) is 3. The van der Waals surface area contributed by atoms with Crippen LogP contribution in [0.1, 0.15) is 54.1 Å². The van der Waals surface area contributed by atoms with Crippen molar-refractivity contribution in [2.75, 3.05) is 33.2 Å². The third-order valence-corrected chi connectivity index (χ3v) is 8.63. The molecule has 0 bridgehead atoms. The fourth-order valence-electron chi connectivity index (χ4n) is 6.45. The summed E-state index contributed by atoms with van der Waals surface area (Å²) in [7, 11) is 2.12. The third kappa shape index (κ3) is 5.33. The van der Waals surface area contributed by atoms with E-state index in [0.717, 1.165) is 31.4 Å². The second-order valence-electron chi connectivity index (χ2n) is 11.6. The number of H-pyrrole nitrogens is 1. The lowest BCUT2D eigenvalue weighted by Crippen LogP contribution is -2.54. The van der Waals surface area contributed by atoms with Crippen LogP contribution in [0.3, 0.4) is 0 Å². The first kappa shape index (κ1) is 28.1. The van der Waals surface area contributed by atoms with Gasteiger partial charge in [0.05, 0.1) is 11.1 Å². The molecule has 0 aliphatic carbocycles. The third-order valence-electron chi connectivity index (χ3n) is 8.63. The normalized spacial score (nSPS) is 20.4. The van der Waals surface area contributed by atoms with Crippen molar-refractivity contribution in [1.29, 1.82) is 0 Å². The fourth-order valence-corrected chi connectivity index (χ4v) is 6.45. The van der Waals surface area contributed by atoms with E-state index in [9.17, 15) is 27.2 Å². The topological polar surface area (TPSA) is 68.4 Å². The molecule has 2 saturated heterocycles. The van der Waals surface area contributed by atoms with Crippen molar-refractivity contribution in [3.63, 3.8) is 0 Å². The number of nitrogens with zero attached hydrogens (tertiary/aromatic N) is 2. The molecule has 214 valence electrons. The second kappa shape index (κ2) is 10.5. The number of carbonyl (C=O) groups excluding carboxylic acids is 2. The van der Waals surface area contributed by atoms with E-state index in [1.807, 2.05) is 6.20 Å². The summed E-state index contributed by atoms with van der Waals surface area (Å²) in [6, 6.07) is 9.30. The van der Waals surface area contributed by atoms with Crippen LogP contribution in [0.25, 0.3) is 10.9 Å². The van der Waals surface area contributed by atoms with E-state index in [4.69, 9.17) is 0 Å². The lowest BCUT2D eigenvalue weighted by molar-refractivity contribution is -0.138. The number of amides is 2. The SMILES string of the molecule is CC(C)[C@@H](NC(=O)c1cc(C(F)(F)F)ccc1F)C(=O)N1CCC2(CC1)CN(C)CC2c1ccc2[nH]ccc2c1. The molecule has 0 saturated carbocycles. The minimum absolute atomic E-state index is 0.00719. The van der Waals surface area contributed by atoms with E-state index in [1.165, 1.54) is 10.9 Å². The molecule has 1 spiro atoms. The molecule has 2 fully saturated rings. The Morgan fingerprint density at radius 1 is 1.07 bits per heavy atom. The Morgan fingerprint density at radius 3 is 2.48 bits per heavy atom. The number of hydrogen-bond donors (Lipinski definition) is 2. The van der Waals surface area contributed by atoms with Crippen LogP contribution < -0.4 is 5.32 Å². The van der Waals surface area contributed by atoms with Gasteiger partial charge in [0, 0.05) is 43.8 Å². The van der Waals surface area contributed by atoms with Crippen molar-refractivity contribution in [3.05, 3.63) is 71.2 Å². The number of nitrogens with one attached hydrogen (secondary N) is 2. The predicted molar refractivity (Wildman–Crippen MR) is 144 cm³/mol. The van der Waals surface area contributed by atoms with E-state index in [0.29, 0.717) is 37.2 Å². The Morgan fingerprint density at radius 2 is 1.80 bits per heavy atom. The smallest absolute Gasteiger partial charge is 0.361 e. The molecule has 2 atom stereocenters. The van der Waals surface area contributed by atoms with Gasteiger partial charge in [0.15, 0.2) is 0 Å². The van der Waals surface area contributed by atoms with E-state index >= 15 is 0 Å². The molecule has 6 nitrogen and oxygen atoms in total. The number of halogens is 4. The number of rotatable bonds is 5. The summed E-state index contributed by atoms with van der Waals surface area (Å²) in [5.41, 5.74) is 0.525. The molecule has 5 rings (SSSR count). The zero-order valence-corrected chi connectivity index (χ0v) is 22.8. The summed E-state index contributed by atoms with van der Waals surface area (Å²) < 4.78 is 53.8. The first-order chi connectivity index (χ1) is 18.9. The van der Waals surface area contributed by atoms with E-state index in [1.54, 1.807) is 18.7 Å². The van der Waals surface area contributed by atoms with Crippen molar-refractivity contribution >= 4 is 22.7 Å². The minimum atomic E-state index is -4.72. The summed E-state index contributed by atoms with van der Waals surface area (Å²) in [6.07, 6.45) is -1.21. The summed E-state index contributed by atoms with van der Waals surface area (Å²) in [5.74, 6) is -2.45. The molecular formula is C30H34F4N4O2. The van der Waals surface area contributed by atoms with Crippen molar-refractivity contribution in [2.24, 2.45) is 11.3 Å².